The number of hydrogen-bond acceptors (Lipinski definition) is 3. The molecule has 0 aliphatic carbocycles. The predicted octanol–water partition coefficient (Wildman–Crippen LogP) is 2.29. The summed E-state index contributed by atoms with van der Waals surface area (Å²) in [5.74, 6) is 0. The van der Waals surface area contributed by atoms with E-state index in [1.807, 2.05) is 7.05 Å². The first-order valence-corrected chi connectivity index (χ1v) is 7.86. The van der Waals surface area contributed by atoms with Crippen molar-refractivity contribution in [2.45, 2.75) is 30.6 Å². The summed E-state index contributed by atoms with van der Waals surface area (Å²) in [4.78, 5) is 0.392. The lowest BCUT2D eigenvalue weighted by molar-refractivity contribution is 0.424. The van der Waals surface area contributed by atoms with Crippen molar-refractivity contribution in [1.82, 2.24) is 4.31 Å². The Hall–Kier alpha value is -1.07. The molecular weight excluding hydrogens is 248 g/mol. The molecule has 1 heterocycles. The monoisotopic (exact) mass is 268 g/mol. The molecule has 4 nitrogen and oxygen atoms in total. The van der Waals surface area contributed by atoms with Crippen molar-refractivity contribution in [2.75, 3.05) is 25.5 Å². The van der Waals surface area contributed by atoms with E-state index >= 15 is 0 Å². The highest BCUT2D eigenvalue weighted by atomic mass is 32.2. The average Bonchev–Trinajstić information content (AvgIpc) is 2.68. The molecule has 1 saturated heterocycles. The fourth-order valence-electron chi connectivity index (χ4n) is 2.22. The number of nitrogens with zero attached hydrogens (tertiary/aromatic N) is 1. The SMILES string of the molecule is CNc1ccc(S(=O)(=O)N2CCCCCC2)cc1. The minimum Gasteiger partial charge on any atom is -0.388 e. The topological polar surface area (TPSA) is 49.4 Å². The van der Waals surface area contributed by atoms with Crippen molar-refractivity contribution < 1.29 is 8.42 Å². The van der Waals surface area contributed by atoms with Gasteiger partial charge in [0.15, 0.2) is 0 Å². The molecule has 0 unspecified atom stereocenters. The highest BCUT2D eigenvalue weighted by Crippen LogP contribution is 2.21. The van der Waals surface area contributed by atoms with Crippen LogP contribution in [0, 0.1) is 0 Å². The van der Waals surface area contributed by atoms with Crippen LogP contribution in [0.25, 0.3) is 0 Å². The normalized spacial score (nSPS) is 18.3. The van der Waals surface area contributed by atoms with Crippen LogP contribution in [0.1, 0.15) is 25.7 Å². The standard InChI is InChI=1S/C13H20N2O2S/c1-14-12-6-8-13(9-7-12)18(16,17)15-10-4-2-3-5-11-15/h6-9,14H,2-5,10-11H2,1H3. The Bertz CT molecular complexity index is 474. The van der Waals surface area contributed by atoms with Crippen LogP contribution < -0.4 is 5.32 Å². The number of sulfonamides is 1. The third-order valence-corrected chi connectivity index (χ3v) is 5.26. The molecule has 5 heteroatoms. The molecular formula is C13H20N2O2S. The number of anilines is 1. The van der Waals surface area contributed by atoms with Crippen LogP contribution in [0.15, 0.2) is 29.2 Å². The highest BCUT2D eigenvalue weighted by Gasteiger charge is 2.24. The maximum atomic E-state index is 12.4. The molecule has 0 bridgehead atoms. The van der Waals surface area contributed by atoms with Crippen molar-refractivity contribution in [1.29, 1.82) is 0 Å². The quantitative estimate of drug-likeness (QED) is 0.915. The molecule has 0 radical (unpaired) electrons. The van der Waals surface area contributed by atoms with Crippen molar-refractivity contribution >= 4 is 15.7 Å². The highest BCUT2D eigenvalue weighted by molar-refractivity contribution is 7.89. The minimum atomic E-state index is -3.30. The number of rotatable bonds is 3. The van der Waals surface area contributed by atoms with Crippen LogP contribution in [0.5, 0.6) is 0 Å². The summed E-state index contributed by atoms with van der Waals surface area (Å²) in [5.41, 5.74) is 0.921. The van der Waals surface area contributed by atoms with Crippen LogP contribution in [0.4, 0.5) is 5.69 Å². The molecule has 0 aromatic heterocycles. The largest absolute Gasteiger partial charge is 0.388 e. The van der Waals surface area contributed by atoms with Gasteiger partial charge in [0, 0.05) is 25.8 Å². The van der Waals surface area contributed by atoms with E-state index in [9.17, 15) is 8.42 Å². The van der Waals surface area contributed by atoms with Gasteiger partial charge in [0.2, 0.25) is 10.0 Å². The molecule has 0 saturated carbocycles. The van der Waals surface area contributed by atoms with Crippen LogP contribution in [0.3, 0.4) is 0 Å². The lowest BCUT2D eigenvalue weighted by atomic mass is 10.2. The van der Waals surface area contributed by atoms with Gasteiger partial charge in [0.1, 0.15) is 0 Å². The molecule has 1 fully saturated rings. The van der Waals surface area contributed by atoms with Gasteiger partial charge in [-0.2, -0.15) is 4.31 Å². The number of nitrogens with one attached hydrogen (secondary N) is 1. The maximum absolute atomic E-state index is 12.4. The molecule has 0 spiro atoms. The van der Waals surface area contributed by atoms with E-state index in [0.717, 1.165) is 31.4 Å². The van der Waals surface area contributed by atoms with E-state index in [0.29, 0.717) is 18.0 Å². The summed E-state index contributed by atoms with van der Waals surface area (Å²) >= 11 is 0. The average molecular weight is 268 g/mol. The van der Waals surface area contributed by atoms with Gasteiger partial charge in [-0.15, -0.1) is 0 Å². The third kappa shape index (κ3) is 2.84. The zero-order valence-corrected chi connectivity index (χ0v) is 11.5. The summed E-state index contributed by atoms with van der Waals surface area (Å²) in [6.07, 6.45) is 4.19. The zero-order chi connectivity index (χ0) is 13.0. The van der Waals surface area contributed by atoms with Crippen molar-refractivity contribution in [3.05, 3.63) is 24.3 Å². The summed E-state index contributed by atoms with van der Waals surface area (Å²) in [6.45, 7) is 1.30. The van der Waals surface area contributed by atoms with Crippen LogP contribution >= 0.6 is 0 Å². The van der Waals surface area contributed by atoms with Crippen LogP contribution in [-0.4, -0.2) is 32.9 Å². The van der Waals surface area contributed by atoms with Gasteiger partial charge < -0.3 is 5.32 Å². The Morgan fingerprint density at radius 2 is 1.56 bits per heavy atom. The Labute approximate surface area is 109 Å². The van der Waals surface area contributed by atoms with E-state index in [4.69, 9.17) is 0 Å². The Balaban J connectivity index is 2.22. The Morgan fingerprint density at radius 1 is 1.00 bits per heavy atom. The van der Waals surface area contributed by atoms with Crippen molar-refractivity contribution in [3.63, 3.8) is 0 Å². The summed E-state index contributed by atoms with van der Waals surface area (Å²) in [7, 11) is -1.49. The first kappa shape index (κ1) is 13.4. The second-order valence-electron chi connectivity index (χ2n) is 4.59. The van der Waals surface area contributed by atoms with E-state index in [1.165, 1.54) is 0 Å². The lowest BCUT2D eigenvalue weighted by Gasteiger charge is -2.20. The minimum absolute atomic E-state index is 0.392. The van der Waals surface area contributed by atoms with Gasteiger partial charge in [-0.25, -0.2) is 8.42 Å². The van der Waals surface area contributed by atoms with Gasteiger partial charge in [-0.1, -0.05) is 12.8 Å². The Morgan fingerprint density at radius 3 is 2.06 bits per heavy atom. The van der Waals surface area contributed by atoms with Gasteiger partial charge in [0.25, 0.3) is 0 Å². The summed E-state index contributed by atoms with van der Waals surface area (Å²) in [6, 6.07) is 6.94. The first-order valence-electron chi connectivity index (χ1n) is 6.42. The van der Waals surface area contributed by atoms with E-state index < -0.39 is 10.0 Å². The lowest BCUT2D eigenvalue weighted by Crippen LogP contribution is -2.31. The van der Waals surface area contributed by atoms with E-state index in [2.05, 4.69) is 5.32 Å². The molecule has 2 rings (SSSR count). The van der Waals surface area contributed by atoms with Gasteiger partial charge in [-0.3, -0.25) is 0 Å². The predicted molar refractivity (Wildman–Crippen MR) is 73.2 cm³/mol. The van der Waals surface area contributed by atoms with Crippen LogP contribution in [0.2, 0.25) is 0 Å². The molecule has 100 valence electrons. The fraction of sp³-hybridized carbons (Fsp3) is 0.538. The molecule has 18 heavy (non-hydrogen) atoms. The molecule has 1 aliphatic heterocycles. The number of hydrogen-bond donors (Lipinski definition) is 1. The second-order valence-corrected chi connectivity index (χ2v) is 6.53. The fourth-order valence-corrected chi connectivity index (χ4v) is 3.74. The van der Waals surface area contributed by atoms with Gasteiger partial charge in [-0.05, 0) is 37.1 Å². The second kappa shape index (κ2) is 5.71. The molecule has 0 amide bonds. The van der Waals surface area contributed by atoms with E-state index in [-0.39, 0.29) is 0 Å². The smallest absolute Gasteiger partial charge is 0.243 e. The molecule has 1 N–H and O–H groups in total. The van der Waals surface area contributed by atoms with Crippen molar-refractivity contribution in [3.8, 4) is 0 Å². The molecule has 1 aromatic rings. The molecule has 1 aliphatic rings. The van der Waals surface area contributed by atoms with Crippen molar-refractivity contribution in [2.24, 2.45) is 0 Å². The Kier molecular flexibility index (Phi) is 4.24. The number of benzene rings is 1. The maximum Gasteiger partial charge on any atom is 0.243 e. The van der Waals surface area contributed by atoms with Gasteiger partial charge >= 0.3 is 0 Å². The summed E-state index contributed by atoms with van der Waals surface area (Å²) in [5, 5.41) is 2.99. The first-order chi connectivity index (χ1) is 8.64. The summed E-state index contributed by atoms with van der Waals surface area (Å²) < 4.78 is 26.5. The molecule has 1 aromatic carbocycles. The van der Waals surface area contributed by atoms with E-state index in [1.54, 1.807) is 28.6 Å². The van der Waals surface area contributed by atoms with Gasteiger partial charge in [0.05, 0.1) is 4.90 Å². The molecule has 0 atom stereocenters. The van der Waals surface area contributed by atoms with Crippen LogP contribution in [-0.2, 0) is 10.0 Å². The zero-order valence-electron chi connectivity index (χ0n) is 10.7. The third-order valence-electron chi connectivity index (χ3n) is 3.35.